The number of aldehydes is 1. The molecule has 208 valence electrons. The van der Waals surface area contributed by atoms with Crippen molar-refractivity contribution >= 4 is 30.2 Å². The summed E-state index contributed by atoms with van der Waals surface area (Å²) in [6, 6.07) is 11.9. The van der Waals surface area contributed by atoms with E-state index in [4.69, 9.17) is 27.0 Å². The third-order valence-electron chi connectivity index (χ3n) is 6.47. The largest absolute Gasteiger partial charge is 0.448 e. The van der Waals surface area contributed by atoms with E-state index in [9.17, 15) is 19.2 Å². The van der Waals surface area contributed by atoms with Crippen molar-refractivity contribution in [3.05, 3.63) is 59.7 Å². The lowest BCUT2D eigenvalue weighted by Gasteiger charge is -2.29. The lowest BCUT2D eigenvalue weighted by molar-refractivity contribution is -0.138. The minimum atomic E-state index is -1.26. The van der Waals surface area contributed by atoms with Gasteiger partial charge in [0.15, 0.2) is 5.96 Å². The number of carbonyl (C=O) groups excluding carboxylic acids is 4. The van der Waals surface area contributed by atoms with Crippen molar-refractivity contribution in [2.45, 2.75) is 43.8 Å². The van der Waals surface area contributed by atoms with Crippen LogP contribution in [0.4, 0.5) is 4.79 Å². The predicted molar refractivity (Wildman–Crippen MR) is 144 cm³/mol. The number of rotatable bonds is 12. The zero-order valence-corrected chi connectivity index (χ0v) is 21.7. The van der Waals surface area contributed by atoms with E-state index in [0.717, 1.165) is 22.3 Å². The lowest BCUT2D eigenvalue weighted by atomic mass is 9.98. The van der Waals surface area contributed by atoms with Crippen molar-refractivity contribution in [2.24, 2.45) is 22.2 Å². The molecule has 39 heavy (non-hydrogen) atoms. The summed E-state index contributed by atoms with van der Waals surface area (Å²) in [5.41, 5.74) is 20.2. The summed E-state index contributed by atoms with van der Waals surface area (Å²) in [6.07, 6.45) is -0.221. The summed E-state index contributed by atoms with van der Waals surface area (Å²) >= 11 is 0. The summed E-state index contributed by atoms with van der Waals surface area (Å²) in [6.45, 7) is 0.809. The van der Waals surface area contributed by atoms with Gasteiger partial charge in [-0.3, -0.25) is 14.6 Å². The number of aliphatic hydroxyl groups is 1. The molecule has 0 radical (unpaired) electrons. The molecule has 0 spiro atoms. The monoisotopic (exact) mass is 538 g/mol. The molecule has 1 aliphatic rings. The molecule has 0 saturated heterocycles. The number of fused-ring (bicyclic) bond motifs is 3. The minimum Gasteiger partial charge on any atom is -0.448 e. The smallest absolute Gasteiger partial charge is 0.417 e. The fraction of sp³-hybridized carbons (Fsp3) is 0.370. The number of aliphatic imine (C=N–C) groups is 1. The number of hydrogen-bond donors (Lipinski definition) is 5. The highest BCUT2D eigenvalue weighted by atomic mass is 16.6. The van der Waals surface area contributed by atoms with E-state index in [1.807, 2.05) is 48.5 Å². The molecule has 1 aliphatic carbocycles. The van der Waals surface area contributed by atoms with Gasteiger partial charge in [-0.05, 0) is 42.0 Å². The van der Waals surface area contributed by atoms with Crippen LogP contribution in [0.2, 0.25) is 0 Å². The molecule has 0 aliphatic heterocycles. The summed E-state index contributed by atoms with van der Waals surface area (Å²) in [4.78, 5) is 55.4. The molecule has 0 bridgehead atoms. The Balaban J connectivity index is 1.81. The van der Waals surface area contributed by atoms with Gasteiger partial charge >= 0.3 is 6.09 Å². The van der Waals surface area contributed by atoms with Crippen LogP contribution < -0.4 is 22.5 Å². The Kier molecular flexibility index (Phi) is 10.1. The van der Waals surface area contributed by atoms with Crippen molar-refractivity contribution in [2.75, 3.05) is 19.8 Å². The van der Waals surface area contributed by atoms with Crippen LogP contribution in [0.1, 0.15) is 36.8 Å². The van der Waals surface area contributed by atoms with Crippen LogP contribution in [0, 0.1) is 0 Å². The fourth-order valence-electron chi connectivity index (χ4n) is 4.49. The second-order valence-electron chi connectivity index (χ2n) is 9.18. The molecular formula is C27H34N6O6. The van der Waals surface area contributed by atoms with Crippen LogP contribution in [0.15, 0.2) is 53.5 Å². The highest BCUT2D eigenvalue weighted by Crippen LogP contribution is 2.44. The van der Waals surface area contributed by atoms with Crippen molar-refractivity contribution in [3.8, 4) is 11.1 Å². The van der Waals surface area contributed by atoms with Crippen LogP contribution in [0.5, 0.6) is 0 Å². The summed E-state index contributed by atoms with van der Waals surface area (Å²) < 4.78 is 5.64. The fourth-order valence-corrected chi connectivity index (χ4v) is 4.49. The van der Waals surface area contributed by atoms with Crippen molar-refractivity contribution < 1.29 is 29.0 Å². The van der Waals surface area contributed by atoms with Gasteiger partial charge < -0.3 is 37.2 Å². The molecule has 3 rings (SSSR count). The number of amides is 3. The molecule has 2 aromatic carbocycles. The van der Waals surface area contributed by atoms with Crippen LogP contribution in [0.3, 0.4) is 0 Å². The zero-order chi connectivity index (χ0) is 28.5. The molecule has 0 fully saturated rings. The van der Waals surface area contributed by atoms with E-state index >= 15 is 0 Å². The topological polar surface area (TPSA) is 203 Å². The lowest BCUT2D eigenvalue weighted by Crippen LogP contribution is -2.56. The number of nitrogens with one attached hydrogen (secondary N) is 1. The standard InChI is InChI=1S/C27H34N6O6/c1-16(32-24(36)23(28)14-35)25(37)33(17(13-34)7-6-12-31-26(29)30)27(38)39-15-22-20-10-4-2-8-18(20)19-9-3-5-11-21(19)22/h2-5,8-11,13,16-17,22-23,35H,6-7,12,14-15,28H2,1H3,(H,32,36)(H4,29,30,31)/t16-,17-,23+/m0/s1. The second-order valence-corrected chi connectivity index (χ2v) is 9.18. The van der Waals surface area contributed by atoms with E-state index in [1.165, 1.54) is 6.92 Å². The second kappa shape index (κ2) is 13.5. The van der Waals surface area contributed by atoms with Crippen LogP contribution in [-0.2, 0) is 19.1 Å². The quantitative estimate of drug-likeness (QED) is 0.108. The number of ether oxygens (including phenoxy) is 1. The van der Waals surface area contributed by atoms with Gasteiger partial charge in [-0.1, -0.05) is 48.5 Å². The zero-order valence-electron chi connectivity index (χ0n) is 21.7. The first kappa shape index (κ1) is 29.3. The van der Waals surface area contributed by atoms with E-state index < -0.39 is 42.6 Å². The summed E-state index contributed by atoms with van der Waals surface area (Å²) in [5.74, 6) is -2.06. The molecular weight excluding hydrogens is 504 g/mol. The number of imide groups is 1. The van der Waals surface area contributed by atoms with E-state index in [-0.39, 0.29) is 37.9 Å². The normalized spacial score (nSPS) is 14.2. The van der Waals surface area contributed by atoms with Crippen LogP contribution >= 0.6 is 0 Å². The number of benzene rings is 2. The number of nitrogens with two attached hydrogens (primary N) is 3. The summed E-state index contributed by atoms with van der Waals surface area (Å²) in [5, 5.41) is 11.5. The van der Waals surface area contributed by atoms with Gasteiger partial charge in [0, 0.05) is 12.5 Å². The first-order chi connectivity index (χ1) is 18.7. The Morgan fingerprint density at radius 3 is 2.23 bits per heavy atom. The Labute approximate surface area is 226 Å². The van der Waals surface area contributed by atoms with Gasteiger partial charge in [-0.25, -0.2) is 9.69 Å². The Bertz CT molecular complexity index is 1190. The molecule has 0 aromatic heterocycles. The maximum atomic E-state index is 13.4. The van der Waals surface area contributed by atoms with Gasteiger partial charge in [-0.2, -0.15) is 0 Å². The first-order valence-corrected chi connectivity index (χ1v) is 12.5. The molecule has 8 N–H and O–H groups in total. The SMILES string of the molecule is C[C@H](NC(=O)[C@H](N)CO)C(=O)N(C(=O)OCC1c2ccccc2-c2ccccc21)[C@H](C=O)CCCN=C(N)N. The molecule has 12 heteroatoms. The average molecular weight is 539 g/mol. The molecule has 0 saturated carbocycles. The molecule has 3 atom stereocenters. The van der Waals surface area contributed by atoms with Crippen molar-refractivity contribution in [1.29, 1.82) is 0 Å². The summed E-state index contributed by atoms with van der Waals surface area (Å²) in [7, 11) is 0. The number of carbonyl (C=O) groups is 4. The Hall–Kier alpha value is -4.29. The third kappa shape index (κ3) is 6.98. The maximum absolute atomic E-state index is 13.4. The van der Waals surface area contributed by atoms with Gasteiger partial charge in [0.1, 0.15) is 25.0 Å². The Morgan fingerprint density at radius 1 is 1.10 bits per heavy atom. The predicted octanol–water partition coefficient (Wildman–Crippen LogP) is 0.210. The molecule has 0 unspecified atom stereocenters. The number of hydrogen-bond acceptors (Lipinski definition) is 8. The minimum absolute atomic E-state index is 0.0625. The third-order valence-corrected chi connectivity index (χ3v) is 6.47. The molecule has 2 aromatic rings. The molecule has 3 amide bonds. The van der Waals surface area contributed by atoms with Gasteiger partial charge in [0.25, 0.3) is 5.91 Å². The van der Waals surface area contributed by atoms with Crippen molar-refractivity contribution in [1.82, 2.24) is 10.2 Å². The van der Waals surface area contributed by atoms with Gasteiger partial charge in [-0.15, -0.1) is 0 Å². The average Bonchev–Trinajstić information content (AvgIpc) is 3.25. The first-order valence-electron chi connectivity index (χ1n) is 12.5. The molecule has 12 nitrogen and oxygen atoms in total. The highest BCUT2D eigenvalue weighted by Gasteiger charge is 2.36. The number of nitrogens with zero attached hydrogens (tertiary/aromatic N) is 2. The van der Waals surface area contributed by atoms with Crippen LogP contribution in [-0.4, -0.2) is 78.0 Å². The van der Waals surface area contributed by atoms with Crippen molar-refractivity contribution in [3.63, 3.8) is 0 Å². The van der Waals surface area contributed by atoms with E-state index in [0.29, 0.717) is 11.2 Å². The molecule has 0 heterocycles. The van der Waals surface area contributed by atoms with Gasteiger partial charge in [0.05, 0.1) is 12.6 Å². The van der Waals surface area contributed by atoms with E-state index in [2.05, 4.69) is 10.3 Å². The van der Waals surface area contributed by atoms with Crippen LogP contribution in [0.25, 0.3) is 11.1 Å². The number of aliphatic hydroxyl groups excluding tert-OH is 1. The number of guanidine groups is 1. The maximum Gasteiger partial charge on any atom is 0.417 e. The van der Waals surface area contributed by atoms with Gasteiger partial charge in [0.2, 0.25) is 5.91 Å². The van der Waals surface area contributed by atoms with E-state index in [1.54, 1.807) is 0 Å². The highest BCUT2D eigenvalue weighted by molar-refractivity contribution is 5.99. The Morgan fingerprint density at radius 2 is 1.69 bits per heavy atom.